The molecule has 0 saturated heterocycles. The van der Waals surface area contributed by atoms with Crippen LogP contribution in [-0.4, -0.2) is 20.2 Å². The van der Waals surface area contributed by atoms with Crippen LogP contribution in [0.5, 0.6) is 0 Å². The van der Waals surface area contributed by atoms with Gasteiger partial charge in [0.05, 0.1) is 11.1 Å². The number of carbonyl (C=O) groups excluding carboxylic acids is 1. The quantitative estimate of drug-likeness (QED) is 0.742. The second kappa shape index (κ2) is 4.23. The smallest absolute Gasteiger partial charge is 0.259 e. The maximum Gasteiger partial charge on any atom is 0.259 e. The van der Waals surface area contributed by atoms with Crippen molar-refractivity contribution in [2.24, 2.45) is 0 Å². The summed E-state index contributed by atoms with van der Waals surface area (Å²) in [5.41, 5.74) is 1.43. The Bertz CT molecular complexity index is 716. The first kappa shape index (κ1) is 10.9. The molecule has 18 heavy (non-hydrogen) atoms. The van der Waals surface area contributed by atoms with Crippen molar-refractivity contribution in [3.05, 3.63) is 41.9 Å². The Morgan fingerprint density at radius 3 is 3.06 bits per heavy atom. The SMILES string of the molecule is Cc1nsc(NC(=O)c2cccc3cc[nH]c23)n1. The first-order chi connectivity index (χ1) is 8.74. The van der Waals surface area contributed by atoms with Crippen LogP contribution < -0.4 is 5.32 Å². The summed E-state index contributed by atoms with van der Waals surface area (Å²) in [7, 11) is 0. The van der Waals surface area contributed by atoms with E-state index in [1.54, 1.807) is 13.0 Å². The van der Waals surface area contributed by atoms with Crippen LogP contribution in [0.25, 0.3) is 10.9 Å². The number of aryl methyl sites for hydroxylation is 1. The maximum absolute atomic E-state index is 12.1. The minimum absolute atomic E-state index is 0.181. The highest BCUT2D eigenvalue weighted by Gasteiger charge is 2.12. The average Bonchev–Trinajstić information content (AvgIpc) is 2.97. The summed E-state index contributed by atoms with van der Waals surface area (Å²) < 4.78 is 4.02. The number of nitrogens with zero attached hydrogens (tertiary/aromatic N) is 2. The normalized spacial score (nSPS) is 10.7. The molecule has 0 aliphatic rings. The standard InChI is InChI=1S/C12H10N4OS/c1-7-14-12(18-16-7)15-11(17)9-4-2-3-8-5-6-13-10(8)9/h2-6,13H,1H3,(H,14,15,16,17). The van der Waals surface area contributed by atoms with E-state index in [0.717, 1.165) is 10.9 Å². The lowest BCUT2D eigenvalue weighted by Gasteiger charge is -2.02. The summed E-state index contributed by atoms with van der Waals surface area (Å²) >= 11 is 1.18. The van der Waals surface area contributed by atoms with E-state index < -0.39 is 0 Å². The summed E-state index contributed by atoms with van der Waals surface area (Å²) in [5.74, 6) is 0.479. The monoisotopic (exact) mass is 258 g/mol. The van der Waals surface area contributed by atoms with Crippen molar-refractivity contribution in [2.75, 3.05) is 5.32 Å². The minimum atomic E-state index is -0.181. The van der Waals surface area contributed by atoms with E-state index in [2.05, 4.69) is 19.7 Å². The maximum atomic E-state index is 12.1. The molecule has 0 unspecified atom stereocenters. The molecule has 3 rings (SSSR count). The summed E-state index contributed by atoms with van der Waals surface area (Å²) in [4.78, 5) is 19.3. The fourth-order valence-corrected chi connectivity index (χ4v) is 2.36. The molecule has 0 fully saturated rings. The number of carbonyl (C=O) groups is 1. The largest absolute Gasteiger partial charge is 0.361 e. The molecular formula is C12H10N4OS. The first-order valence-corrected chi connectivity index (χ1v) is 6.19. The van der Waals surface area contributed by atoms with Gasteiger partial charge in [-0.15, -0.1) is 0 Å². The zero-order valence-electron chi connectivity index (χ0n) is 9.60. The Morgan fingerprint density at radius 1 is 1.39 bits per heavy atom. The number of nitrogens with one attached hydrogen (secondary N) is 2. The Morgan fingerprint density at radius 2 is 2.28 bits per heavy atom. The van der Waals surface area contributed by atoms with Gasteiger partial charge < -0.3 is 4.98 Å². The number of para-hydroxylation sites is 1. The molecule has 1 aromatic carbocycles. The van der Waals surface area contributed by atoms with E-state index >= 15 is 0 Å². The molecule has 5 nitrogen and oxygen atoms in total. The lowest BCUT2D eigenvalue weighted by atomic mass is 10.1. The van der Waals surface area contributed by atoms with Crippen LogP contribution in [-0.2, 0) is 0 Å². The highest BCUT2D eigenvalue weighted by Crippen LogP contribution is 2.19. The van der Waals surface area contributed by atoms with Crippen LogP contribution in [0.3, 0.4) is 0 Å². The fraction of sp³-hybridized carbons (Fsp3) is 0.0833. The molecule has 90 valence electrons. The zero-order valence-corrected chi connectivity index (χ0v) is 10.4. The molecule has 0 bridgehead atoms. The Kier molecular flexibility index (Phi) is 2.56. The van der Waals surface area contributed by atoms with Crippen molar-refractivity contribution < 1.29 is 4.79 Å². The van der Waals surface area contributed by atoms with Gasteiger partial charge in [0.15, 0.2) is 0 Å². The minimum Gasteiger partial charge on any atom is -0.361 e. The van der Waals surface area contributed by atoms with Crippen molar-refractivity contribution in [2.45, 2.75) is 6.92 Å². The number of aromatic amines is 1. The number of hydrogen-bond acceptors (Lipinski definition) is 4. The topological polar surface area (TPSA) is 70.7 Å². The summed E-state index contributed by atoms with van der Waals surface area (Å²) in [6, 6.07) is 7.53. The Labute approximate surface area is 107 Å². The van der Waals surface area contributed by atoms with Gasteiger partial charge in [-0.05, 0) is 19.1 Å². The van der Waals surface area contributed by atoms with Gasteiger partial charge in [0.2, 0.25) is 5.13 Å². The van der Waals surface area contributed by atoms with E-state index in [-0.39, 0.29) is 5.91 Å². The number of fused-ring (bicyclic) bond motifs is 1. The van der Waals surface area contributed by atoms with E-state index in [1.807, 2.05) is 24.4 Å². The van der Waals surface area contributed by atoms with Crippen molar-refractivity contribution in [3.63, 3.8) is 0 Å². The van der Waals surface area contributed by atoms with Gasteiger partial charge in [-0.25, -0.2) is 4.98 Å². The lowest BCUT2D eigenvalue weighted by molar-refractivity contribution is 0.102. The van der Waals surface area contributed by atoms with Gasteiger partial charge in [-0.3, -0.25) is 10.1 Å². The van der Waals surface area contributed by atoms with Gasteiger partial charge in [-0.2, -0.15) is 4.37 Å². The molecule has 0 spiro atoms. The predicted octanol–water partition coefficient (Wildman–Crippen LogP) is 2.58. The number of aromatic nitrogens is 3. The highest BCUT2D eigenvalue weighted by atomic mass is 32.1. The Balaban J connectivity index is 1.94. The van der Waals surface area contributed by atoms with Crippen molar-refractivity contribution in [1.82, 2.24) is 14.3 Å². The number of rotatable bonds is 2. The van der Waals surface area contributed by atoms with E-state index in [1.165, 1.54) is 11.5 Å². The molecule has 2 heterocycles. The van der Waals surface area contributed by atoms with Crippen LogP contribution in [0.2, 0.25) is 0 Å². The number of benzene rings is 1. The van der Waals surface area contributed by atoms with Gasteiger partial charge >= 0.3 is 0 Å². The average molecular weight is 258 g/mol. The molecule has 0 aliphatic carbocycles. The van der Waals surface area contributed by atoms with Gasteiger partial charge in [0, 0.05) is 23.1 Å². The van der Waals surface area contributed by atoms with Crippen molar-refractivity contribution in [3.8, 4) is 0 Å². The van der Waals surface area contributed by atoms with E-state index in [0.29, 0.717) is 16.5 Å². The third-order valence-corrected chi connectivity index (χ3v) is 3.30. The van der Waals surface area contributed by atoms with Crippen LogP contribution in [0.1, 0.15) is 16.2 Å². The summed E-state index contributed by atoms with van der Waals surface area (Å²) in [5, 5.41) is 4.27. The highest BCUT2D eigenvalue weighted by molar-refractivity contribution is 7.09. The molecule has 2 aromatic heterocycles. The van der Waals surface area contributed by atoms with Crippen LogP contribution in [0, 0.1) is 6.92 Å². The van der Waals surface area contributed by atoms with Crippen LogP contribution >= 0.6 is 11.5 Å². The second-order valence-corrected chi connectivity index (χ2v) is 4.60. The second-order valence-electron chi connectivity index (χ2n) is 3.85. The summed E-state index contributed by atoms with van der Waals surface area (Å²) in [6.45, 7) is 1.79. The predicted molar refractivity (Wildman–Crippen MR) is 70.9 cm³/mol. The molecule has 0 saturated carbocycles. The van der Waals surface area contributed by atoms with Crippen LogP contribution in [0.15, 0.2) is 30.5 Å². The fourth-order valence-electron chi connectivity index (χ4n) is 1.79. The van der Waals surface area contributed by atoms with Crippen LogP contribution in [0.4, 0.5) is 5.13 Å². The number of amides is 1. The number of anilines is 1. The van der Waals surface area contributed by atoms with Gasteiger partial charge in [0.25, 0.3) is 5.91 Å². The molecule has 6 heteroatoms. The molecular weight excluding hydrogens is 248 g/mol. The van der Waals surface area contributed by atoms with Gasteiger partial charge in [-0.1, -0.05) is 12.1 Å². The summed E-state index contributed by atoms with van der Waals surface area (Å²) in [6.07, 6.45) is 1.82. The molecule has 0 radical (unpaired) electrons. The number of H-pyrrole nitrogens is 1. The molecule has 0 aliphatic heterocycles. The Hall–Kier alpha value is -2.21. The molecule has 3 aromatic rings. The molecule has 0 atom stereocenters. The lowest BCUT2D eigenvalue weighted by Crippen LogP contribution is -2.12. The van der Waals surface area contributed by atoms with E-state index in [9.17, 15) is 4.79 Å². The third kappa shape index (κ3) is 1.86. The van der Waals surface area contributed by atoms with Gasteiger partial charge in [0.1, 0.15) is 5.82 Å². The number of hydrogen-bond donors (Lipinski definition) is 2. The third-order valence-electron chi connectivity index (χ3n) is 2.58. The molecule has 2 N–H and O–H groups in total. The molecule has 1 amide bonds. The van der Waals surface area contributed by atoms with E-state index in [4.69, 9.17) is 0 Å². The first-order valence-electron chi connectivity index (χ1n) is 5.42. The van der Waals surface area contributed by atoms with Crippen molar-refractivity contribution >= 4 is 33.5 Å². The van der Waals surface area contributed by atoms with Crippen molar-refractivity contribution in [1.29, 1.82) is 0 Å². The zero-order chi connectivity index (χ0) is 12.5.